The van der Waals surface area contributed by atoms with Crippen molar-refractivity contribution in [2.75, 3.05) is 6.54 Å². The van der Waals surface area contributed by atoms with Crippen molar-refractivity contribution in [1.82, 2.24) is 10.3 Å². The van der Waals surface area contributed by atoms with Crippen molar-refractivity contribution >= 4 is 23.2 Å². The molecule has 1 aromatic rings. The number of pyridine rings is 1. The number of aromatic nitrogens is 1. The van der Waals surface area contributed by atoms with Gasteiger partial charge in [0, 0.05) is 25.1 Å². The summed E-state index contributed by atoms with van der Waals surface area (Å²) >= 11 is 5.86. The fourth-order valence-electron chi connectivity index (χ4n) is 1.73. The Kier molecular flexibility index (Phi) is 6.01. The molecule has 0 aliphatic carbocycles. The van der Waals surface area contributed by atoms with Crippen LogP contribution in [0.4, 0.5) is 5.69 Å². The van der Waals surface area contributed by atoms with Crippen molar-refractivity contribution in [2.24, 2.45) is 0 Å². The van der Waals surface area contributed by atoms with Crippen LogP contribution in [0.15, 0.2) is 6.07 Å². The van der Waals surface area contributed by atoms with E-state index in [0.29, 0.717) is 0 Å². The Morgan fingerprint density at radius 3 is 2.71 bits per heavy atom. The van der Waals surface area contributed by atoms with E-state index in [4.69, 9.17) is 11.6 Å². The topological polar surface area (TPSA) is 126 Å². The highest BCUT2D eigenvalue weighted by Crippen LogP contribution is 2.30. The highest BCUT2D eigenvalue weighted by atomic mass is 35.5. The molecule has 1 amide bonds. The van der Waals surface area contributed by atoms with Crippen LogP contribution in [0.25, 0.3) is 0 Å². The molecule has 8 nitrogen and oxygen atoms in total. The third-order valence-corrected chi connectivity index (χ3v) is 3.16. The quantitative estimate of drug-likeness (QED) is 0.406. The minimum atomic E-state index is -1.43. The molecule has 2 atom stereocenters. The third kappa shape index (κ3) is 4.62. The maximum absolute atomic E-state index is 10.9. The van der Waals surface area contributed by atoms with Crippen LogP contribution in [-0.4, -0.2) is 38.7 Å². The van der Waals surface area contributed by atoms with Crippen molar-refractivity contribution in [1.29, 1.82) is 0 Å². The van der Waals surface area contributed by atoms with Crippen molar-refractivity contribution in [3.8, 4) is 0 Å². The van der Waals surface area contributed by atoms with E-state index in [-0.39, 0.29) is 41.0 Å². The van der Waals surface area contributed by atoms with Gasteiger partial charge in [-0.25, -0.2) is 4.98 Å². The Morgan fingerprint density at radius 2 is 2.19 bits per heavy atom. The average molecular weight is 318 g/mol. The van der Waals surface area contributed by atoms with Gasteiger partial charge in [-0.1, -0.05) is 11.6 Å². The summed E-state index contributed by atoms with van der Waals surface area (Å²) in [6.45, 7) is 2.91. The van der Waals surface area contributed by atoms with Crippen LogP contribution in [-0.2, 0) is 4.79 Å². The lowest BCUT2D eigenvalue weighted by Crippen LogP contribution is -2.28. The first-order chi connectivity index (χ1) is 9.73. The second-order valence-corrected chi connectivity index (χ2v) is 4.87. The predicted octanol–water partition coefficient (Wildman–Crippen LogP) is 0.872. The second kappa shape index (κ2) is 7.30. The second-order valence-electron chi connectivity index (χ2n) is 4.51. The number of amides is 1. The van der Waals surface area contributed by atoms with Crippen LogP contribution >= 0.6 is 11.6 Å². The predicted molar refractivity (Wildman–Crippen MR) is 74.9 cm³/mol. The summed E-state index contributed by atoms with van der Waals surface area (Å²) in [6.07, 6.45) is -2.60. The summed E-state index contributed by atoms with van der Waals surface area (Å²) in [7, 11) is 0. The number of hydrogen-bond donors (Lipinski definition) is 3. The number of carbonyl (C=O) groups is 1. The van der Waals surface area contributed by atoms with E-state index in [1.54, 1.807) is 0 Å². The number of aliphatic hydroxyl groups is 2. The van der Waals surface area contributed by atoms with Crippen molar-refractivity contribution in [2.45, 2.75) is 32.5 Å². The number of aliphatic hydroxyl groups excluding tert-OH is 2. The van der Waals surface area contributed by atoms with Gasteiger partial charge in [0.25, 0.3) is 5.69 Å². The summed E-state index contributed by atoms with van der Waals surface area (Å²) < 4.78 is 0. The Balaban J connectivity index is 2.90. The van der Waals surface area contributed by atoms with Gasteiger partial charge in [-0.3, -0.25) is 14.9 Å². The minimum Gasteiger partial charge on any atom is -0.390 e. The van der Waals surface area contributed by atoms with Gasteiger partial charge < -0.3 is 15.5 Å². The van der Waals surface area contributed by atoms with E-state index in [1.807, 2.05) is 0 Å². The van der Waals surface area contributed by atoms with Crippen molar-refractivity contribution in [3.05, 3.63) is 32.6 Å². The molecule has 21 heavy (non-hydrogen) atoms. The number of hydrogen-bond acceptors (Lipinski definition) is 6. The lowest BCUT2D eigenvalue weighted by Gasteiger charge is -2.19. The first-order valence-corrected chi connectivity index (χ1v) is 6.53. The van der Waals surface area contributed by atoms with Crippen LogP contribution < -0.4 is 5.32 Å². The number of nitrogens with zero attached hydrogens (tertiary/aromatic N) is 2. The normalized spacial score (nSPS) is 13.6. The summed E-state index contributed by atoms with van der Waals surface area (Å²) in [6, 6.07) is 1.09. The molecule has 116 valence electrons. The molecular weight excluding hydrogens is 302 g/mol. The monoisotopic (exact) mass is 317 g/mol. The zero-order valence-corrected chi connectivity index (χ0v) is 12.3. The Morgan fingerprint density at radius 1 is 1.57 bits per heavy atom. The van der Waals surface area contributed by atoms with Gasteiger partial charge >= 0.3 is 0 Å². The zero-order chi connectivity index (χ0) is 16.2. The van der Waals surface area contributed by atoms with Gasteiger partial charge in [0.15, 0.2) is 0 Å². The molecule has 0 radical (unpaired) electrons. The van der Waals surface area contributed by atoms with Gasteiger partial charge in [0.2, 0.25) is 5.91 Å². The molecule has 1 heterocycles. The molecule has 0 spiro atoms. The molecule has 0 saturated heterocycles. The van der Waals surface area contributed by atoms with Crippen molar-refractivity contribution < 1.29 is 19.9 Å². The lowest BCUT2D eigenvalue weighted by atomic mass is 10.0. The number of rotatable bonds is 6. The molecule has 1 aromatic heterocycles. The highest BCUT2D eigenvalue weighted by molar-refractivity contribution is 6.30. The molecular formula is C12H16ClN3O5. The molecule has 0 bridgehead atoms. The molecule has 0 aliphatic heterocycles. The molecule has 9 heteroatoms. The van der Waals surface area contributed by atoms with Crippen LogP contribution in [0.1, 0.15) is 30.7 Å². The number of halogens is 1. The summed E-state index contributed by atoms with van der Waals surface area (Å²) in [5, 5.41) is 33.1. The molecule has 1 rings (SSSR count). The number of aryl methyl sites for hydroxylation is 1. The molecule has 0 saturated carbocycles. The van der Waals surface area contributed by atoms with E-state index in [0.717, 1.165) is 6.07 Å². The van der Waals surface area contributed by atoms with Gasteiger partial charge in [0.05, 0.1) is 11.0 Å². The van der Waals surface area contributed by atoms with Crippen LogP contribution in [0.5, 0.6) is 0 Å². The molecule has 0 fully saturated rings. The maximum Gasteiger partial charge on any atom is 0.290 e. The summed E-state index contributed by atoms with van der Waals surface area (Å²) in [5.41, 5.74) is -0.194. The van der Waals surface area contributed by atoms with Gasteiger partial charge in [-0.05, 0) is 13.3 Å². The highest BCUT2D eigenvalue weighted by Gasteiger charge is 2.25. The van der Waals surface area contributed by atoms with Gasteiger partial charge in [-0.2, -0.15) is 0 Å². The lowest BCUT2D eigenvalue weighted by molar-refractivity contribution is -0.385. The molecule has 2 unspecified atom stereocenters. The number of carbonyl (C=O) groups excluding carboxylic acids is 1. The Hall–Kier alpha value is -1.77. The van der Waals surface area contributed by atoms with Crippen LogP contribution in [0.3, 0.4) is 0 Å². The van der Waals surface area contributed by atoms with Crippen LogP contribution in [0, 0.1) is 17.0 Å². The van der Waals surface area contributed by atoms with E-state index in [1.165, 1.54) is 13.8 Å². The molecule has 3 N–H and O–H groups in total. The van der Waals surface area contributed by atoms with E-state index in [9.17, 15) is 25.1 Å². The van der Waals surface area contributed by atoms with Gasteiger partial charge in [-0.15, -0.1) is 0 Å². The van der Waals surface area contributed by atoms with Gasteiger partial charge in [0.1, 0.15) is 17.0 Å². The minimum absolute atomic E-state index is 0.0238. The van der Waals surface area contributed by atoms with E-state index in [2.05, 4.69) is 10.3 Å². The van der Waals surface area contributed by atoms with Crippen molar-refractivity contribution in [3.63, 3.8) is 0 Å². The third-order valence-electron chi connectivity index (χ3n) is 2.86. The fourth-order valence-corrected chi connectivity index (χ4v) is 2.03. The van der Waals surface area contributed by atoms with E-state index >= 15 is 0 Å². The first-order valence-electron chi connectivity index (χ1n) is 6.16. The number of nitro groups is 1. The zero-order valence-electron chi connectivity index (χ0n) is 11.5. The average Bonchev–Trinajstić information content (AvgIpc) is 2.37. The Labute approximate surface area is 125 Å². The van der Waals surface area contributed by atoms with E-state index < -0.39 is 17.1 Å². The SMILES string of the molecule is CC(=O)NCCC(O)C(O)c1cc([N+](=O)[O-])c(C)nc1Cl. The standard InChI is InChI=1S/C12H16ClN3O5/c1-6-9(16(20)21)5-8(12(13)15-6)11(19)10(18)3-4-14-7(2)17/h5,10-11,18-19H,3-4H2,1-2H3,(H,14,17). The molecule has 0 aliphatic rings. The first kappa shape index (κ1) is 17.3. The summed E-state index contributed by atoms with van der Waals surface area (Å²) in [5.74, 6) is -0.262. The fraction of sp³-hybridized carbons (Fsp3) is 0.500. The largest absolute Gasteiger partial charge is 0.390 e. The maximum atomic E-state index is 10.9. The smallest absolute Gasteiger partial charge is 0.290 e. The summed E-state index contributed by atoms with van der Waals surface area (Å²) in [4.78, 5) is 24.7. The molecule has 0 aromatic carbocycles. The van der Waals surface area contributed by atoms with Crippen LogP contribution in [0.2, 0.25) is 5.15 Å². The number of nitrogens with one attached hydrogen (secondary N) is 1. The Bertz CT molecular complexity index is 552.